The molecule has 2 radical (unpaired) electrons. The van der Waals surface area contributed by atoms with Gasteiger partial charge in [0.15, 0.2) is 0 Å². The van der Waals surface area contributed by atoms with Gasteiger partial charge >= 0.3 is 0 Å². The van der Waals surface area contributed by atoms with Crippen LogP contribution in [0.15, 0.2) is 130 Å². The second kappa shape index (κ2) is 33.3. The Labute approximate surface area is 350 Å². The minimum absolute atomic E-state index is 0. The molecule has 0 aliphatic heterocycles. The van der Waals surface area contributed by atoms with Crippen LogP contribution in [0.3, 0.4) is 0 Å². The predicted molar refractivity (Wildman–Crippen MR) is 201 cm³/mol. The van der Waals surface area contributed by atoms with E-state index in [0.29, 0.717) is 19.0 Å². The maximum atomic E-state index is 3.19. The molecule has 4 aliphatic rings. The first-order valence-electron chi connectivity index (χ1n) is 15.8. The summed E-state index contributed by atoms with van der Waals surface area (Å²) in [5.41, 5.74) is 10.8. The van der Waals surface area contributed by atoms with Gasteiger partial charge in [0.25, 0.3) is 0 Å². The quantitative estimate of drug-likeness (QED) is 0.317. The van der Waals surface area contributed by atoms with Gasteiger partial charge in [-0.3, -0.25) is 24.3 Å². The molecule has 0 atom stereocenters. The topological polar surface area (TPSA) is 0 Å². The summed E-state index contributed by atoms with van der Waals surface area (Å²) >= 11 is 0. The Morgan fingerprint density at radius 1 is 0.396 bits per heavy atom. The SMILES string of the molecule is CC1=[C-]CC=C1C.CC1=[C-]CC=C1C.CC1=[C-]CC=C1C.CC1=[C-]CC=C1C.C[SiH]c1ccccc1.C[SiH]c1ccccc1.[Cl-].[Cl-].[Hf].[Hf]. The number of halogens is 2. The normalized spacial score (nSPS) is 14.2. The monoisotopic (exact) mass is 1040 g/mol. The Morgan fingerprint density at radius 3 is 0.688 bits per heavy atom. The summed E-state index contributed by atoms with van der Waals surface area (Å²) in [5.74, 6) is 0. The summed E-state index contributed by atoms with van der Waals surface area (Å²) in [5, 5.41) is 2.99. The van der Waals surface area contributed by atoms with Gasteiger partial charge in [-0.1, -0.05) is 112 Å². The molecule has 0 aromatic heterocycles. The second-order valence-electron chi connectivity index (χ2n) is 11.0. The standard InChI is InChI=1S/2C7H9Si.4C7H9.2ClH.2Hf/c2*1-8-7-5-3-2-4-6-7;4*1-6-4-3-5-7(6)2;;;;/h2*2-6,8H,1H3;4*4H,3H2,1-2H3;2*1H;;/q;;4*-1;;;;/p-2. The van der Waals surface area contributed by atoms with Gasteiger partial charge in [0.05, 0.1) is 19.0 Å². The van der Waals surface area contributed by atoms with E-state index in [1.54, 1.807) is 0 Å². The molecule has 0 spiro atoms. The molecule has 6 rings (SSSR count). The molecule has 0 heterocycles. The second-order valence-corrected chi connectivity index (χ2v) is 13.5. The van der Waals surface area contributed by atoms with Gasteiger partial charge in [0.1, 0.15) is 0 Å². The van der Waals surface area contributed by atoms with Crippen molar-refractivity contribution >= 4 is 29.4 Å². The number of hydrogen-bond donors (Lipinski definition) is 0. The van der Waals surface area contributed by atoms with Crippen molar-refractivity contribution in [1.29, 1.82) is 0 Å². The fourth-order valence-electron chi connectivity index (χ4n) is 3.89. The van der Waals surface area contributed by atoms with Crippen LogP contribution in [0.1, 0.15) is 81.1 Å². The number of allylic oxidation sites excluding steroid dienone is 16. The predicted octanol–water partition coefficient (Wildman–Crippen LogP) is 3.94. The van der Waals surface area contributed by atoms with Crippen molar-refractivity contribution in [1.82, 2.24) is 0 Å². The zero-order valence-electron chi connectivity index (χ0n) is 30.8. The van der Waals surface area contributed by atoms with Gasteiger partial charge in [-0.2, -0.15) is 24.3 Å². The maximum Gasteiger partial charge on any atom is 0.0635 e. The van der Waals surface area contributed by atoms with E-state index in [1.807, 2.05) is 0 Å². The summed E-state index contributed by atoms with van der Waals surface area (Å²) in [6, 6.07) is 21.2. The van der Waals surface area contributed by atoms with Gasteiger partial charge in [-0.15, -0.1) is 53.4 Å². The molecule has 0 bridgehead atoms. The smallest absolute Gasteiger partial charge is 0.0635 e. The van der Waals surface area contributed by atoms with Crippen molar-refractivity contribution in [3.63, 3.8) is 0 Å². The average molecular weight is 1040 g/mol. The molecule has 6 heteroatoms. The van der Waals surface area contributed by atoms with Gasteiger partial charge in [0, 0.05) is 51.7 Å². The Hall–Kier alpha value is -0.886. The van der Waals surface area contributed by atoms with Crippen molar-refractivity contribution in [2.45, 2.75) is 94.2 Å². The summed E-state index contributed by atoms with van der Waals surface area (Å²) in [6.07, 6.45) is 25.6. The zero-order valence-corrected chi connectivity index (χ0v) is 41.8. The van der Waals surface area contributed by atoms with Crippen molar-refractivity contribution in [2.75, 3.05) is 0 Å². The molecule has 2 aromatic rings. The third kappa shape index (κ3) is 25.1. The van der Waals surface area contributed by atoms with Crippen molar-refractivity contribution in [3.05, 3.63) is 154 Å². The van der Waals surface area contributed by atoms with E-state index in [4.69, 9.17) is 0 Å². The van der Waals surface area contributed by atoms with Crippen LogP contribution in [0.2, 0.25) is 13.1 Å². The molecular weight excluding hydrogens is 989 g/mol. The van der Waals surface area contributed by atoms with Crippen LogP contribution in [-0.4, -0.2) is 19.0 Å². The minimum Gasteiger partial charge on any atom is -1.00 e. The largest absolute Gasteiger partial charge is 1.00 e. The summed E-state index contributed by atoms with van der Waals surface area (Å²) in [6.45, 7) is 21.4. The Morgan fingerprint density at radius 2 is 0.604 bits per heavy atom. The van der Waals surface area contributed by atoms with Crippen LogP contribution >= 0.6 is 0 Å². The van der Waals surface area contributed by atoms with E-state index in [9.17, 15) is 0 Å². The molecule has 0 unspecified atom stereocenters. The molecule has 48 heavy (non-hydrogen) atoms. The van der Waals surface area contributed by atoms with Crippen molar-refractivity contribution in [2.24, 2.45) is 0 Å². The third-order valence-corrected chi connectivity index (χ3v) is 9.84. The van der Waals surface area contributed by atoms with Crippen LogP contribution in [0, 0.1) is 24.3 Å². The van der Waals surface area contributed by atoms with E-state index < -0.39 is 0 Å². The molecular formula is C42H54Cl2Hf2Si2-6. The van der Waals surface area contributed by atoms with Crippen LogP contribution in [0.4, 0.5) is 0 Å². The van der Waals surface area contributed by atoms with Crippen LogP contribution < -0.4 is 35.2 Å². The third-order valence-electron chi connectivity index (χ3n) is 7.73. The molecule has 258 valence electrons. The van der Waals surface area contributed by atoms with E-state index in [1.165, 1.54) is 55.0 Å². The van der Waals surface area contributed by atoms with Crippen molar-refractivity contribution < 1.29 is 76.5 Å². The van der Waals surface area contributed by atoms with Gasteiger partial charge in [0.2, 0.25) is 0 Å². The number of rotatable bonds is 2. The van der Waals surface area contributed by atoms with Crippen molar-refractivity contribution in [3.8, 4) is 0 Å². The molecule has 0 nitrogen and oxygen atoms in total. The fourth-order valence-corrected chi connectivity index (χ4v) is 5.10. The molecule has 0 fully saturated rings. The van der Waals surface area contributed by atoms with Crippen LogP contribution in [0.25, 0.3) is 0 Å². The fraction of sp³-hybridized carbons (Fsp3) is 0.333. The number of benzene rings is 2. The average Bonchev–Trinajstić information content (AvgIpc) is 3.83. The summed E-state index contributed by atoms with van der Waals surface area (Å²) in [4.78, 5) is 0. The first kappa shape index (κ1) is 53.9. The van der Waals surface area contributed by atoms with Crippen LogP contribution in [0.5, 0.6) is 0 Å². The van der Waals surface area contributed by atoms with E-state index >= 15 is 0 Å². The first-order valence-corrected chi connectivity index (χ1v) is 19.2. The maximum absolute atomic E-state index is 3.19. The Bertz CT molecular complexity index is 1140. The first-order chi connectivity index (χ1) is 21.1. The number of hydrogen-bond acceptors (Lipinski definition) is 0. The van der Waals surface area contributed by atoms with E-state index in [-0.39, 0.29) is 76.5 Å². The Balaban J connectivity index is -0.000000238. The van der Waals surface area contributed by atoms with Gasteiger partial charge in [-0.25, -0.2) is 44.6 Å². The molecule has 2 aromatic carbocycles. The molecule has 0 amide bonds. The van der Waals surface area contributed by atoms with Gasteiger partial charge in [-0.05, 0) is 0 Å². The molecule has 0 saturated heterocycles. The zero-order chi connectivity index (χ0) is 32.7. The van der Waals surface area contributed by atoms with Crippen LogP contribution in [-0.2, 0) is 51.7 Å². The van der Waals surface area contributed by atoms with E-state index in [2.05, 4.69) is 178 Å². The molecule has 4 aliphatic carbocycles. The van der Waals surface area contributed by atoms with Gasteiger partial charge < -0.3 is 24.8 Å². The van der Waals surface area contributed by atoms with E-state index in [0.717, 1.165) is 25.7 Å². The molecule has 0 N–H and O–H groups in total. The molecule has 0 saturated carbocycles. The Kier molecular flexibility index (Phi) is 37.4. The summed E-state index contributed by atoms with van der Waals surface area (Å²) in [7, 11) is 1.02. The minimum atomic E-state index is 0. The summed E-state index contributed by atoms with van der Waals surface area (Å²) < 4.78 is 0.